The monoisotopic (exact) mass is 414 g/mol. The van der Waals surface area contributed by atoms with E-state index in [0.29, 0.717) is 0 Å². The van der Waals surface area contributed by atoms with Crippen molar-refractivity contribution >= 4 is 20.0 Å². The van der Waals surface area contributed by atoms with Crippen LogP contribution in [0.3, 0.4) is 0 Å². The minimum Gasteiger partial charge on any atom is -0.339 e. The van der Waals surface area contributed by atoms with Gasteiger partial charge in [0.15, 0.2) is 0 Å². The summed E-state index contributed by atoms with van der Waals surface area (Å²) in [6.07, 6.45) is 0. The molecule has 10 heteroatoms. The number of benzene rings is 2. The van der Waals surface area contributed by atoms with Gasteiger partial charge < -0.3 is 9.47 Å². The number of sulfonamides is 2. The zero-order valence-corrected chi connectivity index (χ0v) is 16.6. The van der Waals surface area contributed by atoms with Crippen LogP contribution in [-0.2, 0) is 29.5 Å². The minimum atomic E-state index is -3.67. The number of ether oxygens (including phenoxy) is 2. The van der Waals surface area contributed by atoms with E-state index < -0.39 is 20.0 Å². The molecule has 2 aromatic carbocycles. The van der Waals surface area contributed by atoms with Crippen molar-refractivity contribution in [3.63, 3.8) is 0 Å². The van der Waals surface area contributed by atoms with Crippen LogP contribution in [0.15, 0.2) is 58.3 Å². The van der Waals surface area contributed by atoms with E-state index in [1.807, 2.05) is 13.8 Å². The van der Waals surface area contributed by atoms with Crippen LogP contribution in [0.2, 0.25) is 0 Å². The van der Waals surface area contributed by atoms with E-state index >= 15 is 0 Å². The highest BCUT2D eigenvalue weighted by Crippen LogP contribution is 2.10. The van der Waals surface area contributed by atoms with Gasteiger partial charge in [0.25, 0.3) is 0 Å². The topological polar surface area (TPSA) is 111 Å². The second-order valence-corrected chi connectivity index (χ2v) is 9.27. The Morgan fingerprint density at radius 2 is 1.00 bits per heavy atom. The van der Waals surface area contributed by atoms with Gasteiger partial charge in [0, 0.05) is 0 Å². The molecule has 2 N–H and O–H groups in total. The predicted molar refractivity (Wildman–Crippen MR) is 99.8 cm³/mol. The van der Waals surface area contributed by atoms with Gasteiger partial charge in [0.2, 0.25) is 20.0 Å². The average molecular weight is 415 g/mol. The van der Waals surface area contributed by atoms with E-state index in [0.717, 1.165) is 11.1 Å². The molecule has 0 aromatic heterocycles. The lowest BCUT2D eigenvalue weighted by atomic mass is 10.2. The summed E-state index contributed by atoms with van der Waals surface area (Å²) in [5.74, 6) is 0. The summed E-state index contributed by atoms with van der Waals surface area (Å²) in [4.78, 5) is 0.256. The Morgan fingerprint density at radius 1 is 0.667 bits per heavy atom. The van der Waals surface area contributed by atoms with Crippen LogP contribution in [0.1, 0.15) is 11.1 Å². The first kappa shape index (κ1) is 21.5. The maximum Gasteiger partial charge on any atom is 0.242 e. The molecule has 148 valence electrons. The molecule has 0 heterocycles. The predicted octanol–water partition coefficient (Wildman–Crippen LogP) is 1.47. The van der Waals surface area contributed by atoms with E-state index in [9.17, 15) is 16.8 Å². The molecule has 0 unspecified atom stereocenters. The van der Waals surface area contributed by atoms with Crippen LogP contribution in [0.4, 0.5) is 0 Å². The quantitative estimate of drug-likeness (QED) is 0.450. The summed E-state index contributed by atoms with van der Waals surface area (Å²) in [6.45, 7) is 2.82. The molecule has 0 fully saturated rings. The molecule has 8 nitrogen and oxygen atoms in total. The van der Waals surface area contributed by atoms with Crippen LogP contribution in [-0.4, -0.2) is 37.1 Å². The molecule has 0 aliphatic rings. The first-order valence-electron chi connectivity index (χ1n) is 7.99. The molecule has 0 aliphatic carbocycles. The number of hydrogen-bond donors (Lipinski definition) is 2. The molecule has 0 aliphatic heterocycles. The van der Waals surface area contributed by atoms with Crippen LogP contribution in [0.5, 0.6) is 0 Å². The van der Waals surface area contributed by atoms with Crippen molar-refractivity contribution in [3.8, 4) is 0 Å². The Kier molecular flexibility index (Phi) is 7.48. The summed E-state index contributed by atoms with van der Waals surface area (Å²) in [6, 6.07) is 12.7. The molecule has 0 spiro atoms. The van der Waals surface area contributed by atoms with E-state index in [-0.39, 0.29) is 30.0 Å². The largest absolute Gasteiger partial charge is 0.339 e. The third-order valence-corrected chi connectivity index (χ3v) is 6.31. The van der Waals surface area contributed by atoms with Crippen molar-refractivity contribution < 1.29 is 26.3 Å². The van der Waals surface area contributed by atoms with Crippen molar-refractivity contribution in [1.82, 2.24) is 9.44 Å². The number of hydrogen-bond acceptors (Lipinski definition) is 6. The first-order chi connectivity index (χ1) is 12.7. The van der Waals surface area contributed by atoms with E-state index in [2.05, 4.69) is 9.44 Å². The van der Waals surface area contributed by atoms with E-state index in [1.54, 1.807) is 24.3 Å². The van der Waals surface area contributed by atoms with Gasteiger partial charge in [-0.3, -0.25) is 0 Å². The summed E-state index contributed by atoms with van der Waals surface area (Å²) >= 11 is 0. The van der Waals surface area contributed by atoms with Crippen LogP contribution in [0, 0.1) is 13.8 Å². The molecule has 0 bridgehead atoms. The Labute approximate surface area is 159 Å². The number of aryl methyl sites for hydroxylation is 2. The van der Waals surface area contributed by atoms with Crippen molar-refractivity contribution in [2.45, 2.75) is 23.6 Å². The van der Waals surface area contributed by atoms with Crippen molar-refractivity contribution in [3.05, 3.63) is 59.7 Å². The van der Waals surface area contributed by atoms with Gasteiger partial charge in [-0.25, -0.2) is 16.8 Å². The molecule has 0 atom stereocenters. The second kappa shape index (κ2) is 9.40. The van der Waals surface area contributed by atoms with Gasteiger partial charge in [0.05, 0.1) is 9.79 Å². The fraction of sp³-hybridized carbons (Fsp3) is 0.294. The van der Waals surface area contributed by atoms with Crippen LogP contribution >= 0.6 is 0 Å². The Balaban J connectivity index is 1.68. The lowest BCUT2D eigenvalue weighted by Crippen LogP contribution is -2.29. The standard InChI is InChI=1S/C17H22N2O6S2/c1-14-3-7-16(8-4-14)26(20,21)18-11-24-13-25-12-19-27(22,23)17-9-5-15(2)6-10-17/h3-10,18-19H,11-13H2,1-2H3. The molecule has 2 rings (SSSR count). The SMILES string of the molecule is Cc1ccc(S(=O)(=O)NCOCOCNS(=O)(=O)c2ccc(C)cc2)cc1. The smallest absolute Gasteiger partial charge is 0.242 e. The Hall–Kier alpha value is -1.82. The fourth-order valence-electron chi connectivity index (χ4n) is 1.98. The molecule has 27 heavy (non-hydrogen) atoms. The zero-order valence-electron chi connectivity index (χ0n) is 15.0. The first-order valence-corrected chi connectivity index (χ1v) is 11.0. The normalized spacial score (nSPS) is 12.2. The van der Waals surface area contributed by atoms with Gasteiger partial charge in [0.1, 0.15) is 20.3 Å². The van der Waals surface area contributed by atoms with Crippen molar-refractivity contribution in [2.24, 2.45) is 0 Å². The molecule has 0 amide bonds. The fourth-order valence-corrected chi connectivity index (χ4v) is 3.78. The van der Waals surface area contributed by atoms with Crippen molar-refractivity contribution in [2.75, 3.05) is 20.3 Å². The summed E-state index contributed by atoms with van der Waals surface area (Å²) in [5.41, 5.74) is 1.90. The van der Waals surface area contributed by atoms with E-state index in [4.69, 9.17) is 9.47 Å². The maximum absolute atomic E-state index is 12.0. The van der Waals surface area contributed by atoms with Gasteiger partial charge >= 0.3 is 0 Å². The van der Waals surface area contributed by atoms with Gasteiger partial charge in [-0.15, -0.1) is 0 Å². The molecule has 0 saturated heterocycles. The van der Waals surface area contributed by atoms with Crippen LogP contribution in [0.25, 0.3) is 0 Å². The summed E-state index contributed by atoms with van der Waals surface area (Å²) < 4.78 is 62.6. The zero-order chi connectivity index (χ0) is 19.9. The Morgan fingerprint density at radius 3 is 1.33 bits per heavy atom. The highest BCUT2D eigenvalue weighted by Gasteiger charge is 2.14. The van der Waals surface area contributed by atoms with Gasteiger partial charge in [-0.1, -0.05) is 35.4 Å². The highest BCUT2D eigenvalue weighted by molar-refractivity contribution is 7.89. The van der Waals surface area contributed by atoms with Gasteiger partial charge in [-0.05, 0) is 38.1 Å². The number of nitrogens with one attached hydrogen (secondary N) is 2. The molecular formula is C17H22N2O6S2. The third kappa shape index (κ3) is 6.69. The maximum atomic E-state index is 12.0. The summed E-state index contributed by atoms with van der Waals surface area (Å²) in [7, 11) is -7.35. The molecule has 0 saturated carbocycles. The molecule has 2 aromatic rings. The minimum absolute atomic E-state index is 0.128. The Bertz CT molecular complexity index is 860. The number of rotatable bonds is 10. The van der Waals surface area contributed by atoms with Crippen LogP contribution < -0.4 is 9.44 Å². The average Bonchev–Trinajstić information content (AvgIpc) is 2.61. The molecular weight excluding hydrogens is 392 g/mol. The lowest BCUT2D eigenvalue weighted by molar-refractivity contribution is -0.0561. The lowest BCUT2D eigenvalue weighted by Gasteiger charge is -2.10. The van der Waals surface area contributed by atoms with Crippen molar-refractivity contribution in [1.29, 1.82) is 0 Å². The third-order valence-electron chi connectivity index (χ3n) is 3.53. The summed E-state index contributed by atoms with van der Waals surface area (Å²) in [5, 5.41) is 0. The van der Waals surface area contributed by atoms with E-state index in [1.165, 1.54) is 24.3 Å². The molecule has 0 radical (unpaired) electrons. The van der Waals surface area contributed by atoms with Gasteiger partial charge in [-0.2, -0.15) is 9.44 Å². The highest BCUT2D eigenvalue weighted by atomic mass is 32.2. The second-order valence-electron chi connectivity index (χ2n) is 5.74.